The average molecular weight is 317 g/mol. The minimum absolute atomic E-state index is 0.0221. The van der Waals surface area contributed by atoms with Crippen LogP contribution in [-0.4, -0.2) is 14.9 Å². The molecule has 0 N–H and O–H groups in total. The summed E-state index contributed by atoms with van der Waals surface area (Å²) in [5.41, 5.74) is 1.10. The van der Waals surface area contributed by atoms with Gasteiger partial charge in [-0.2, -0.15) is 5.26 Å². The number of aryl methyl sites for hydroxylation is 2. The second-order valence-electron chi connectivity index (χ2n) is 4.68. The number of carbonyl (C=O) groups excluding carboxylic acids is 1. The Kier molecular flexibility index (Phi) is 6.08. The molecule has 5 nitrogen and oxygen atoms in total. The fraction of sp³-hybridized carbons (Fsp3) is 0.312. The maximum atomic E-state index is 11.5. The van der Waals surface area contributed by atoms with E-state index in [1.54, 1.807) is 6.92 Å². The van der Waals surface area contributed by atoms with Gasteiger partial charge >= 0.3 is 0 Å². The summed E-state index contributed by atoms with van der Waals surface area (Å²) in [6.45, 7) is 9.18. The number of rotatable bonds is 2. The van der Waals surface area contributed by atoms with Crippen LogP contribution in [0.2, 0.25) is 0 Å². The normalized spacial score (nSPS) is 11.2. The lowest BCUT2D eigenvalue weighted by molar-refractivity contribution is -0.111. The van der Waals surface area contributed by atoms with Crippen LogP contribution < -0.4 is 14.8 Å². The van der Waals surface area contributed by atoms with Crippen molar-refractivity contribution in [3.63, 3.8) is 0 Å². The second-order valence-corrected chi connectivity index (χ2v) is 5.77. The number of aromatic nitrogens is 2. The minimum atomic E-state index is -0.332. The van der Waals surface area contributed by atoms with Gasteiger partial charge in [-0.1, -0.05) is 6.58 Å². The summed E-state index contributed by atoms with van der Waals surface area (Å²) in [5, 5.41) is 8.83. The van der Waals surface area contributed by atoms with Gasteiger partial charge in [0.2, 0.25) is 0 Å². The topological polar surface area (TPSA) is 67.8 Å². The first-order chi connectivity index (χ1) is 10.3. The number of nitrogens with zero attached hydrogens (tertiary/aromatic N) is 3. The van der Waals surface area contributed by atoms with E-state index >= 15 is 0 Å². The van der Waals surface area contributed by atoms with Gasteiger partial charge in [0.05, 0.1) is 4.53 Å². The van der Waals surface area contributed by atoms with Crippen LogP contribution in [0.5, 0.6) is 0 Å². The number of ketones is 1. The predicted molar refractivity (Wildman–Crippen MR) is 88.9 cm³/mol. The number of carbonyl (C=O) groups is 1. The first-order valence-corrected chi connectivity index (χ1v) is 7.57. The third kappa shape index (κ3) is 3.83. The van der Waals surface area contributed by atoms with E-state index in [4.69, 9.17) is 5.26 Å². The molecule has 0 radical (unpaired) electrons. The van der Waals surface area contributed by atoms with Crippen LogP contribution in [-0.2, 0) is 18.4 Å². The van der Waals surface area contributed by atoms with Gasteiger partial charge in [-0.15, -0.1) is 11.3 Å². The predicted octanol–water partition coefficient (Wildman–Crippen LogP) is 0.937. The molecule has 2 rings (SSSR count). The Morgan fingerprint density at radius 3 is 2.45 bits per heavy atom. The molecule has 0 aliphatic heterocycles. The molecule has 0 atom stereocenters. The molecule has 6 heteroatoms. The molecule has 116 valence electrons. The lowest BCUT2D eigenvalue weighted by atomic mass is 10.2. The van der Waals surface area contributed by atoms with Gasteiger partial charge in [0.1, 0.15) is 16.3 Å². The summed E-state index contributed by atoms with van der Waals surface area (Å²) in [7, 11) is 2.04. The molecule has 2 aromatic heterocycles. The zero-order valence-corrected chi connectivity index (χ0v) is 14.0. The van der Waals surface area contributed by atoms with E-state index in [9.17, 15) is 9.59 Å². The highest BCUT2D eigenvalue weighted by Crippen LogP contribution is 1.94. The van der Waals surface area contributed by atoms with Gasteiger partial charge in [-0.05, 0) is 32.9 Å². The molecule has 2 aromatic rings. The molecular weight excluding hydrogens is 298 g/mol. The van der Waals surface area contributed by atoms with Crippen molar-refractivity contribution in [2.24, 2.45) is 7.05 Å². The quantitative estimate of drug-likeness (QED) is 0.828. The van der Waals surface area contributed by atoms with Crippen LogP contribution in [0.25, 0.3) is 12.2 Å². The Morgan fingerprint density at radius 1 is 1.50 bits per heavy atom. The SMILES string of the molecule is C=c1s/c(=C(/C#N)C(C)=O)n(CC)c1=O.Cc1cccn1C. The molecule has 0 amide bonds. The Morgan fingerprint density at radius 2 is 2.14 bits per heavy atom. The van der Waals surface area contributed by atoms with E-state index < -0.39 is 0 Å². The molecular formula is C16H19N3O2S. The molecule has 0 unspecified atom stereocenters. The maximum Gasteiger partial charge on any atom is 0.268 e. The van der Waals surface area contributed by atoms with Crippen molar-refractivity contribution >= 4 is 29.3 Å². The molecule has 0 aliphatic rings. The second kappa shape index (κ2) is 7.57. The van der Waals surface area contributed by atoms with Gasteiger partial charge < -0.3 is 4.57 Å². The molecule has 0 bridgehead atoms. The maximum absolute atomic E-state index is 11.5. The van der Waals surface area contributed by atoms with Crippen molar-refractivity contribution in [1.29, 1.82) is 5.26 Å². The molecule has 0 aliphatic carbocycles. The van der Waals surface area contributed by atoms with Crippen molar-refractivity contribution in [1.82, 2.24) is 9.13 Å². The number of Topliss-reactive ketones (excluding diaryl/α,β-unsaturated/α-hetero) is 1. The van der Waals surface area contributed by atoms with Gasteiger partial charge in [0, 0.05) is 25.5 Å². The highest BCUT2D eigenvalue weighted by molar-refractivity contribution is 7.07. The number of nitriles is 1. The summed E-state index contributed by atoms with van der Waals surface area (Å²) in [6.07, 6.45) is 2.04. The molecule has 2 heterocycles. The van der Waals surface area contributed by atoms with Crippen molar-refractivity contribution in [2.45, 2.75) is 27.3 Å². The molecule has 0 aromatic carbocycles. The summed E-state index contributed by atoms with van der Waals surface area (Å²) < 4.78 is 4.23. The lowest BCUT2D eigenvalue weighted by Gasteiger charge is -1.95. The Balaban J connectivity index is 0.000000287. The Labute approximate surface area is 133 Å². The first kappa shape index (κ1) is 17.7. The Hall–Kier alpha value is -2.39. The van der Waals surface area contributed by atoms with Crippen LogP contribution in [0.15, 0.2) is 23.1 Å². The van der Waals surface area contributed by atoms with Gasteiger partial charge in [0.25, 0.3) is 5.56 Å². The zero-order valence-electron chi connectivity index (χ0n) is 13.2. The Bertz CT molecular complexity index is 861. The van der Waals surface area contributed by atoms with Crippen LogP contribution in [0.1, 0.15) is 19.5 Å². The van der Waals surface area contributed by atoms with Crippen molar-refractivity contribution in [3.05, 3.63) is 43.6 Å². The zero-order chi connectivity index (χ0) is 16.9. The number of thiazole rings is 1. The standard InChI is InChI=1S/C10H10N2O2S.C6H9N/c1-4-12-9(14)7(3)15-10(12)8(5-11)6(2)13;1-6-4-3-5-7(6)2/h3-4H2,1-2H3;3-5H,1-2H3/b10-8-;. The lowest BCUT2D eigenvalue weighted by Crippen LogP contribution is -2.31. The van der Waals surface area contributed by atoms with Crippen molar-refractivity contribution < 1.29 is 4.79 Å². The molecule has 22 heavy (non-hydrogen) atoms. The van der Waals surface area contributed by atoms with Gasteiger partial charge in [-0.25, -0.2) is 0 Å². The number of hydrogen-bond donors (Lipinski definition) is 0. The molecule has 0 fully saturated rings. The summed E-state index contributed by atoms with van der Waals surface area (Å²) in [6, 6.07) is 5.94. The summed E-state index contributed by atoms with van der Waals surface area (Å²) >= 11 is 1.09. The summed E-state index contributed by atoms with van der Waals surface area (Å²) in [5.74, 6) is -0.332. The van der Waals surface area contributed by atoms with Crippen LogP contribution in [0.3, 0.4) is 0 Å². The third-order valence-electron chi connectivity index (χ3n) is 3.15. The highest BCUT2D eigenvalue weighted by Gasteiger charge is 2.10. The van der Waals surface area contributed by atoms with E-state index in [0.717, 1.165) is 11.3 Å². The molecule has 0 saturated heterocycles. The van der Waals surface area contributed by atoms with Gasteiger partial charge in [0.15, 0.2) is 5.78 Å². The van der Waals surface area contributed by atoms with Crippen LogP contribution in [0.4, 0.5) is 0 Å². The van der Waals surface area contributed by atoms with E-state index in [0.29, 0.717) is 15.7 Å². The third-order valence-corrected chi connectivity index (χ3v) is 4.18. The largest absolute Gasteiger partial charge is 0.355 e. The molecule has 0 spiro atoms. The van der Waals surface area contributed by atoms with E-state index in [-0.39, 0.29) is 16.9 Å². The van der Waals surface area contributed by atoms with Gasteiger partial charge in [-0.3, -0.25) is 14.2 Å². The highest BCUT2D eigenvalue weighted by atomic mass is 32.1. The van der Waals surface area contributed by atoms with E-state index in [2.05, 4.69) is 24.1 Å². The fourth-order valence-corrected chi connectivity index (χ4v) is 2.80. The van der Waals surface area contributed by atoms with E-state index in [1.165, 1.54) is 17.2 Å². The molecule has 0 saturated carbocycles. The minimum Gasteiger partial charge on any atom is -0.355 e. The van der Waals surface area contributed by atoms with Crippen LogP contribution >= 0.6 is 11.3 Å². The van der Waals surface area contributed by atoms with Crippen molar-refractivity contribution in [3.8, 4) is 6.07 Å². The van der Waals surface area contributed by atoms with Crippen molar-refractivity contribution in [2.75, 3.05) is 0 Å². The average Bonchev–Trinajstić information content (AvgIpc) is 2.96. The first-order valence-electron chi connectivity index (χ1n) is 6.75. The smallest absolute Gasteiger partial charge is 0.268 e. The fourth-order valence-electron chi connectivity index (χ4n) is 1.76. The van der Waals surface area contributed by atoms with Crippen LogP contribution in [0, 0.1) is 18.3 Å². The number of hydrogen-bond acceptors (Lipinski definition) is 4. The summed E-state index contributed by atoms with van der Waals surface area (Å²) in [4.78, 5) is 22.7. The monoisotopic (exact) mass is 317 g/mol. The van der Waals surface area contributed by atoms with E-state index in [1.807, 2.05) is 25.4 Å².